The van der Waals surface area contributed by atoms with Crippen molar-refractivity contribution in [1.82, 2.24) is 0 Å². The van der Waals surface area contributed by atoms with E-state index in [9.17, 15) is 0 Å². The summed E-state index contributed by atoms with van der Waals surface area (Å²) in [5.74, 6) is 0. The SMILES string of the molecule is Cc1c[c-](C)c(C)c1C.[Cl-].[Cl-].[Zr+2]=[C](c1ccccc1)c1ccccc1.c1cc2c([cH-]1)CCCC2. The molecule has 0 bridgehead atoms. The van der Waals surface area contributed by atoms with E-state index >= 15 is 0 Å². The fourth-order valence-corrected chi connectivity index (χ4v) is 4.94. The Morgan fingerprint density at radius 3 is 1.74 bits per heavy atom. The fraction of sp³-hybridized carbons (Fsp3) is 0.258. The minimum Gasteiger partial charge on any atom is -0.210 e. The molecule has 5 rings (SSSR count). The van der Waals surface area contributed by atoms with Crippen molar-refractivity contribution >= 4 is 3.21 Å². The molecular formula is C31H34Cl2Zr-2. The van der Waals surface area contributed by atoms with Gasteiger partial charge in [-0.3, -0.25) is 0 Å². The molecule has 0 radical (unpaired) electrons. The largest absolute Gasteiger partial charge is 0.210 e. The van der Waals surface area contributed by atoms with Gasteiger partial charge in [-0.15, -0.1) is 0 Å². The maximum atomic E-state index is 2.26. The van der Waals surface area contributed by atoms with Crippen LogP contribution in [0.5, 0.6) is 0 Å². The second kappa shape index (κ2) is 15.5. The van der Waals surface area contributed by atoms with Crippen molar-refractivity contribution in [2.75, 3.05) is 0 Å². The summed E-state index contributed by atoms with van der Waals surface area (Å²) in [5.41, 5.74) is 11.6. The Bertz CT molecular complexity index is 1040. The van der Waals surface area contributed by atoms with E-state index in [2.05, 4.69) is 113 Å². The molecule has 0 heterocycles. The first-order valence-corrected chi connectivity index (χ1v) is 12.8. The molecule has 0 aromatic heterocycles. The number of aryl methyl sites for hydroxylation is 4. The van der Waals surface area contributed by atoms with Gasteiger partial charge in [0, 0.05) is 0 Å². The normalized spacial score (nSPS) is 11.4. The molecule has 4 aromatic rings. The quantitative estimate of drug-likeness (QED) is 0.324. The first-order valence-electron chi connectivity index (χ1n) is 11.6. The summed E-state index contributed by atoms with van der Waals surface area (Å²) in [5, 5.41) is 0. The van der Waals surface area contributed by atoms with E-state index in [-0.39, 0.29) is 24.8 Å². The Morgan fingerprint density at radius 1 is 0.794 bits per heavy atom. The Morgan fingerprint density at radius 2 is 1.32 bits per heavy atom. The van der Waals surface area contributed by atoms with E-state index in [4.69, 9.17) is 0 Å². The van der Waals surface area contributed by atoms with Gasteiger partial charge >= 0.3 is 99.2 Å². The first-order chi connectivity index (χ1) is 15.5. The van der Waals surface area contributed by atoms with Crippen molar-refractivity contribution in [3.63, 3.8) is 0 Å². The molecule has 0 N–H and O–H groups in total. The predicted octanol–water partition coefficient (Wildman–Crippen LogP) is 1.73. The van der Waals surface area contributed by atoms with Crippen LogP contribution in [-0.2, 0) is 37.1 Å². The number of hydrogen-bond donors (Lipinski definition) is 0. The second-order valence-electron chi connectivity index (χ2n) is 8.65. The van der Waals surface area contributed by atoms with Crippen molar-refractivity contribution in [3.8, 4) is 0 Å². The molecule has 0 amide bonds. The molecule has 0 saturated heterocycles. The monoisotopic (exact) mass is 566 g/mol. The summed E-state index contributed by atoms with van der Waals surface area (Å²) in [6.45, 7) is 8.68. The van der Waals surface area contributed by atoms with E-state index < -0.39 is 0 Å². The molecule has 3 heteroatoms. The van der Waals surface area contributed by atoms with Gasteiger partial charge in [-0.2, -0.15) is 51.6 Å². The molecule has 178 valence electrons. The Balaban J connectivity index is 0.000000257. The molecule has 0 aliphatic heterocycles. The van der Waals surface area contributed by atoms with Gasteiger partial charge in [0.05, 0.1) is 0 Å². The third-order valence-electron chi connectivity index (χ3n) is 6.45. The summed E-state index contributed by atoms with van der Waals surface area (Å²) >= 11 is 1.46. The zero-order valence-corrected chi connectivity index (χ0v) is 24.6. The Labute approximate surface area is 233 Å². The molecule has 1 aliphatic rings. The van der Waals surface area contributed by atoms with Crippen LogP contribution in [0.15, 0.2) is 84.9 Å². The third kappa shape index (κ3) is 8.60. The fourth-order valence-electron chi connectivity index (χ4n) is 4.12. The van der Waals surface area contributed by atoms with Crippen LogP contribution in [-0.4, -0.2) is 3.21 Å². The predicted molar refractivity (Wildman–Crippen MR) is 136 cm³/mol. The number of hydrogen-bond acceptors (Lipinski definition) is 0. The smallest absolute Gasteiger partial charge is 0.0512 e. The summed E-state index contributed by atoms with van der Waals surface area (Å²) < 4.78 is 1.42. The summed E-state index contributed by atoms with van der Waals surface area (Å²) in [6.07, 6.45) is 5.44. The van der Waals surface area contributed by atoms with Crippen molar-refractivity contribution in [3.05, 3.63) is 129 Å². The Hall–Kier alpha value is -1.53. The van der Waals surface area contributed by atoms with Crippen molar-refractivity contribution in [2.45, 2.75) is 53.4 Å². The van der Waals surface area contributed by atoms with Crippen molar-refractivity contribution in [1.29, 1.82) is 0 Å². The van der Waals surface area contributed by atoms with E-state index in [1.807, 2.05) is 0 Å². The molecule has 0 atom stereocenters. The number of benzene rings is 2. The van der Waals surface area contributed by atoms with E-state index in [1.165, 1.54) is 86.5 Å². The van der Waals surface area contributed by atoms with Crippen LogP contribution in [0.3, 0.4) is 0 Å². The minimum atomic E-state index is 0. The third-order valence-corrected chi connectivity index (χ3v) is 7.87. The Kier molecular flexibility index (Phi) is 13.9. The molecule has 0 spiro atoms. The van der Waals surface area contributed by atoms with Gasteiger partial charge < -0.3 is 24.8 Å². The zero-order valence-electron chi connectivity index (χ0n) is 20.7. The number of rotatable bonds is 2. The van der Waals surface area contributed by atoms with Crippen LogP contribution >= 0.6 is 0 Å². The van der Waals surface area contributed by atoms with Crippen LogP contribution in [0, 0.1) is 27.7 Å². The van der Waals surface area contributed by atoms with E-state index in [1.54, 1.807) is 11.1 Å². The van der Waals surface area contributed by atoms with Crippen LogP contribution < -0.4 is 24.8 Å². The zero-order chi connectivity index (χ0) is 22.9. The van der Waals surface area contributed by atoms with Crippen molar-refractivity contribution < 1.29 is 49.0 Å². The molecular weight excluding hydrogens is 534 g/mol. The molecule has 0 unspecified atom stereocenters. The maximum absolute atomic E-state index is 2.26. The molecule has 0 fully saturated rings. The molecule has 0 nitrogen and oxygen atoms in total. The van der Waals surface area contributed by atoms with Gasteiger partial charge in [0.2, 0.25) is 0 Å². The van der Waals surface area contributed by atoms with Crippen molar-refractivity contribution in [2.24, 2.45) is 0 Å². The molecule has 1 aliphatic carbocycles. The van der Waals surface area contributed by atoms with E-state index in [0.29, 0.717) is 0 Å². The van der Waals surface area contributed by atoms with Gasteiger partial charge in [-0.1, -0.05) is 53.4 Å². The molecule has 34 heavy (non-hydrogen) atoms. The topological polar surface area (TPSA) is 0 Å². The standard InChI is InChI=1S/C13H10.C9H11.C9H13.2ClH.Zr/c1-3-7-12(8-4-1)11-13-9-5-2-6-10-13;1-2-5-9-7-3-6-8(9)4-1;1-6-5-7(2)9(4)8(6)3;;;/h1-10H;3,6-7H,1-2,4-5H2;5H,1-4H3;2*1H;/q;2*-1;;;+2/p-2. The van der Waals surface area contributed by atoms with Crippen LogP contribution in [0.2, 0.25) is 0 Å². The van der Waals surface area contributed by atoms with Crippen LogP contribution in [0.1, 0.15) is 57.3 Å². The first kappa shape index (κ1) is 30.5. The van der Waals surface area contributed by atoms with Gasteiger partial charge in [0.15, 0.2) is 0 Å². The van der Waals surface area contributed by atoms with Gasteiger partial charge in [-0.25, -0.2) is 6.07 Å². The van der Waals surface area contributed by atoms with E-state index in [0.717, 1.165) is 0 Å². The maximum Gasteiger partial charge on any atom is -0.0512 e. The second-order valence-corrected chi connectivity index (χ2v) is 9.88. The van der Waals surface area contributed by atoms with Crippen LogP contribution in [0.4, 0.5) is 0 Å². The summed E-state index contributed by atoms with van der Waals surface area (Å²) in [4.78, 5) is 0. The number of halogens is 2. The van der Waals surface area contributed by atoms with Gasteiger partial charge in [0.25, 0.3) is 0 Å². The number of fused-ring (bicyclic) bond motifs is 1. The minimum absolute atomic E-state index is 0. The molecule has 0 saturated carbocycles. The summed E-state index contributed by atoms with van der Waals surface area (Å²) in [7, 11) is 0. The molecule has 4 aromatic carbocycles. The average Bonchev–Trinajstić information content (AvgIpc) is 3.41. The average molecular weight is 569 g/mol. The summed E-state index contributed by atoms with van der Waals surface area (Å²) in [6, 6.07) is 30.0. The van der Waals surface area contributed by atoms with Gasteiger partial charge in [-0.05, 0) is 0 Å². The van der Waals surface area contributed by atoms with Gasteiger partial charge in [0.1, 0.15) is 0 Å². The van der Waals surface area contributed by atoms with Crippen LogP contribution in [0.25, 0.3) is 0 Å².